The van der Waals surface area contributed by atoms with Crippen molar-refractivity contribution in [1.29, 1.82) is 0 Å². The first-order valence-corrected chi connectivity index (χ1v) is 7.28. The topological polar surface area (TPSA) is 27.7 Å². The van der Waals surface area contributed by atoms with E-state index in [1.54, 1.807) is 14.2 Å². The summed E-state index contributed by atoms with van der Waals surface area (Å²) in [5.74, 6) is 0.939. The van der Waals surface area contributed by atoms with Crippen molar-refractivity contribution >= 4 is 15.8 Å². The second-order valence-electron chi connectivity index (χ2n) is 3.66. The summed E-state index contributed by atoms with van der Waals surface area (Å²) >= 11 is 0. The van der Waals surface area contributed by atoms with E-state index in [1.807, 2.05) is 30.3 Å². The Morgan fingerprint density at radius 3 is 2.41 bits per heavy atom. The number of benzene rings is 1. The summed E-state index contributed by atoms with van der Waals surface area (Å²) in [4.78, 5) is 0. The monoisotopic (exact) mass is 252 g/mol. The predicted octanol–water partition coefficient (Wildman–Crippen LogP) is 2.22. The lowest BCUT2D eigenvalue weighted by Gasteiger charge is -2.13. The molecule has 0 bridgehead atoms. The van der Waals surface area contributed by atoms with Crippen LogP contribution in [0, 0.1) is 0 Å². The Bertz CT molecular complexity index is 320. The van der Waals surface area contributed by atoms with Gasteiger partial charge in [0, 0.05) is 14.2 Å². The number of rotatable bonds is 8. The number of methoxy groups -OCH3 is 2. The minimum Gasteiger partial charge on any atom is -0.549 e. The molecule has 3 nitrogen and oxygen atoms in total. The van der Waals surface area contributed by atoms with Gasteiger partial charge in [0.2, 0.25) is 9.76 Å². The van der Waals surface area contributed by atoms with Crippen LogP contribution in [0.5, 0.6) is 5.75 Å². The summed E-state index contributed by atoms with van der Waals surface area (Å²) in [6, 6.07) is 9.01. The standard InChI is InChI=1S/C13H20O3Si/c1-4-11-5-7-12(8-6-11)16-17-10-9-13(14-2)15-3/h4-8,13H,1,9-10,17H2,2-3H3. The summed E-state index contributed by atoms with van der Waals surface area (Å²) in [5.41, 5.74) is 1.11. The van der Waals surface area contributed by atoms with E-state index in [9.17, 15) is 0 Å². The van der Waals surface area contributed by atoms with Crippen LogP contribution in [-0.4, -0.2) is 30.3 Å². The largest absolute Gasteiger partial charge is 0.549 e. The Hall–Kier alpha value is -1.10. The van der Waals surface area contributed by atoms with Crippen LogP contribution in [0.4, 0.5) is 0 Å². The fourth-order valence-corrected chi connectivity index (χ4v) is 2.54. The third-order valence-electron chi connectivity index (χ3n) is 2.49. The molecule has 4 heteroatoms. The highest BCUT2D eigenvalue weighted by Gasteiger charge is 2.04. The third-order valence-corrected chi connectivity index (χ3v) is 3.73. The minimum absolute atomic E-state index is 0.103. The maximum atomic E-state index is 5.74. The first kappa shape index (κ1) is 14.0. The van der Waals surface area contributed by atoms with E-state index in [1.165, 1.54) is 0 Å². The van der Waals surface area contributed by atoms with Crippen LogP contribution in [-0.2, 0) is 9.47 Å². The smallest absolute Gasteiger partial charge is 0.219 e. The quantitative estimate of drug-likeness (QED) is 0.403. The minimum atomic E-state index is -0.553. The van der Waals surface area contributed by atoms with Gasteiger partial charge in [-0.15, -0.1) is 0 Å². The van der Waals surface area contributed by atoms with Crippen molar-refractivity contribution in [2.45, 2.75) is 18.8 Å². The number of ether oxygens (including phenoxy) is 2. The molecule has 94 valence electrons. The van der Waals surface area contributed by atoms with Crippen molar-refractivity contribution < 1.29 is 13.9 Å². The molecule has 0 amide bonds. The van der Waals surface area contributed by atoms with E-state index in [0.717, 1.165) is 23.8 Å². The predicted molar refractivity (Wildman–Crippen MR) is 72.9 cm³/mol. The van der Waals surface area contributed by atoms with Crippen LogP contribution in [0.2, 0.25) is 6.04 Å². The second kappa shape index (κ2) is 8.06. The molecular formula is C13H20O3Si. The van der Waals surface area contributed by atoms with Gasteiger partial charge in [-0.2, -0.15) is 0 Å². The first-order chi connectivity index (χ1) is 8.30. The fourth-order valence-electron chi connectivity index (χ4n) is 1.47. The van der Waals surface area contributed by atoms with Gasteiger partial charge < -0.3 is 13.9 Å². The molecule has 1 rings (SSSR count). The van der Waals surface area contributed by atoms with E-state index >= 15 is 0 Å². The van der Waals surface area contributed by atoms with Gasteiger partial charge in [-0.05, 0) is 30.2 Å². The molecule has 0 aliphatic heterocycles. The lowest BCUT2D eigenvalue weighted by Crippen LogP contribution is -2.14. The van der Waals surface area contributed by atoms with Crippen molar-refractivity contribution in [1.82, 2.24) is 0 Å². The van der Waals surface area contributed by atoms with Gasteiger partial charge in [0.05, 0.1) is 0 Å². The van der Waals surface area contributed by atoms with Crippen molar-refractivity contribution in [2.24, 2.45) is 0 Å². The molecule has 0 aliphatic carbocycles. The average Bonchev–Trinajstić information content (AvgIpc) is 2.40. The normalized spacial score (nSPS) is 11.2. The maximum absolute atomic E-state index is 5.74. The zero-order valence-electron chi connectivity index (χ0n) is 10.5. The molecule has 0 heterocycles. The second-order valence-corrected chi connectivity index (χ2v) is 5.07. The molecule has 0 atom stereocenters. The molecule has 17 heavy (non-hydrogen) atoms. The van der Waals surface area contributed by atoms with Crippen molar-refractivity contribution in [3.05, 3.63) is 36.4 Å². The van der Waals surface area contributed by atoms with E-state index in [-0.39, 0.29) is 6.29 Å². The molecule has 0 unspecified atom stereocenters. The van der Waals surface area contributed by atoms with Gasteiger partial charge in [-0.1, -0.05) is 24.8 Å². The lowest BCUT2D eigenvalue weighted by molar-refractivity contribution is -0.103. The molecular weight excluding hydrogens is 232 g/mol. The molecule has 0 fully saturated rings. The SMILES string of the molecule is C=Cc1ccc(O[SiH2]CCC(OC)OC)cc1. The van der Waals surface area contributed by atoms with E-state index in [4.69, 9.17) is 13.9 Å². The summed E-state index contributed by atoms with van der Waals surface area (Å²) in [6.45, 7) is 3.71. The molecule has 0 N–H and O–H groups in total. The summed E-state index contributed by atoms with van der Waals surface area (Å²) in [5, 5.41) is 0. The van der Waals surface area contributed by atoms with Gasteiger partial charge >= 0.3 is 0 Å². The van der Waals surface area contributed by atoms with Crippen molar-refractivity contribution in [3.63, 3.8) is 0 Å². The highest BCUT2D eigenvalue weighted by atomic mass is 28.2. The zero-order valence-corrected chi connectivity index (χ0v) is 11.9. The van der Waals surface area contributed by atoms with Gasteiger partial charge in [0.25, 0.3) is 0 Å². The molecule has 0 radical (unpaired) electrons. The highest BCUT2D eigenvalue weighted by molar-refractivity contribution is 6.28. The summed E-state index contributed by atoms with van der Waals surface area (Å²) < 4.78 is 16.0. The van der Waals surface area contributed by atoms with Crippen LogP contribution in [0.3, 0.4) is 0 Å². The molecule has 0 saturated carbocycles. The first-order valence-electron chi connectivity index (χ1n) is 5.71. The third kappa shape index (κ3) is 5.17. The van der Waals surface area contributed by atoms with Gasteiger partial charge in [-0.3, -0.25) is 0 Å². The van der Waals surface area contributed by atoms with Gasteiger partial charge in [-0.25, -0.2) is 0 Å². The van der Waals surface area contributed by atoms with Crippen molar-refractivity contribution in [2.75, 3.05) is 14.2 Å². The van der Waals surface area contributed by atoms with Crippen LogP contribution in [0.1, 0.15) is 12.0 Å². The van der Waals surface area contributed by atoms with E-state index in [0.29, 0.717) is 0 Å². The summed E-state index contributed by atoms with van der Waals surface area (Å²) in [7, 11) is 2.76. The number of hydrogen-bond donors (Lipinski definition) is 0. The van der Waals surface area contributed by atoms with Crippen molar-refractivity contribution in [3.8, 4) is 5.75 Å². The number of hydrogen-bond acceptors (Lipinski definition) is 3. The Morgan fingerprint density at radius 1 is 1.24 bits per heavy atom. The lowest BCUT2D eigenvalue weighted by atomic mass is 10.2. The van der Waals surface area contributed by atoms with E-state index in [2.05, 4.69) is 6.58 Å². The summed E-state index contributed by atoms with van der Waals surface area (Å²) in [6.07, 6.45) is 2.61. The average molecular weight is 252 g/mol. The highest BCUT2D eigenvalue weighted by Crippen LogP contribution is 2.13. The molecule has 0 spiro atoms. The van der Waals surface area contributed by atoms with Crippen LogP contribution in [0.15, 0.2) is 30.8 Å². The van der Waals surface area contributed by atoms with Gasteiger partial charge in [0.15, 0.2) is 6.29 Å². The van der Waals surface area contributed by atoms with Crippen LogP contribution < -0.4 is 4.43 Å². The van der Waals surface area contributed by atoms with Gasteiger partial charge in [0.1, 0.15) is 5.75 Å². The fraction of sp³-hybridized carbons (Fsp3) is 0.385. The zero-order chi connectivity index (χ0) is 12.5. The molecule has 0 aliphatic rings. The Kier molecular flexibility index (Phi) is 6.62. The Balaban J connectivity index is 2.23. The van der Waals surface area contributed by atoms with Crippen LogP contribution >= 0.6 is 0 Å². The maximum Gasteiger partial charge on any atom is 0.219 e. The molecule has 0 aromatic heterocycles. The molecule has 1 aromatic rings. The molecule has 0 saturated heterocycles. The van der Waals surface area contributed by atoms with Crippen LogP contribution in [0.25, 0.3) is 6.08 Å². The Labute approximate surface area is 105 Å². The van der Waals surface area contributed by atoms with E-state index < -0.39 is 9.76 Å². The Morgan fingerprint density at radius 2 is 1.88 bits per heavy atom. The molecule has 1 aromatic carbocycles.